The van der Waals surface area contributed by atoms with E-state index in [2.05, 4.69) is 17.4 Å². The molecule has 2 amide bonds. The fraction of sp³-hybridized carbons (Fsp3) is 0.375. The van der Waals surface area contributed by atoms with Crippen molar-refractivity contribution in [2.45, 2.75) is 37.1 Å². The van der Waals surface area contributed by atoms with Gasteiger partial charge in [0.05, 0.1) is 0 Å². The first kappa shape index (κ1) is 20.9. The van der Waals surface area contributed by atoms with Gasteiger partial charge in [-0.25, -0.2) is 4.79 Å². The molecule has 2 aliphatic rings. The van der Waals surface area contributed by atoms with Gasteiger partial charge in [0, 0.05) is 13.0 Å². The van der Waals surface area contributed by atoms with E-state index in [1.54, 1.807) is 0 Å². The van der Waals surface area contributed by atoms with Gasteiger partial charge in [-0.2, -0.15) is 0 Å². The zero-order valence-electron chi connectivity index (χ0n) is 17.5. The third-order valence-electron chi connectivity index (χ3n) is 6.27. The molecule has 0 atom stereocenters. The number of benzene rings is 2. The Morgan fingerprint density at radius 1 is 1.03 bits per heavy atom. The number of rotatable bonds is 6. The number of carboxylic acids is 1. The van der Waals surface area contributed by atoms with Gasteiger partial charge in [-0.3, -0.25) is 9.59 Å². The standard InChI is InChI=1S/C24H26N2O5/c1-26(14-21(27)28)22(29)24(12-6-7-13-24)25-23(30)31-15-20-18-10-4-2-8-16(18)17-9-3-5-11-19(17)20/h2-5,8-11,20H,6-7,12-15H2,1H3,(H,25,30)(H,27,28). The largest absolute Gasteiger partial charge is 0.480 e. The number of alkyl carbamates (subject to hydrolysis) is 1. The Labute approximate surface area is 181 Å². The van der Waals surface area contributed by atoms with Crippen LogP contribution in [0.5, 0.6) is 0 Å². The number of amides is 2. The molecule has 1 fully saturated rings. The first-order valence-corrected chi connectivity index (χ1v) is 10.5. The van der Waals surface area contributed by atoms with E-state index in [-0.39, 0.29) is 18.4 Å². The predicted octanol–water partition coefficient (Wildman–Crippen LogP) is 3.38. The summed E-state index contributed by atoms with van der Waals surface area (Å²) in [5.74, 6) is -1.55. The number of nitrogens with zero attached hydrogens (tertiary/aromatic N) is 1. The van der Waals surface area contributed by atoms with Crippen molar-refractivity contribution in [3.05, 3.63) is 59.7 Å². The summed E-state index contributed by atoms with van der Waals surface area (Å²) in [7, 11) is 1.44. The zero-order valence-corrected chi connectivity index (χ0v) is 17.5. The molecular formula is C24H26N2O5. The summed E-state index contributed by atoms with van der Waals surface area (Å²) in [4.78, 5) is 37.8. The van der Waals surface area contributed by atoms with E-state index in [1.807, 2.05) is 36.4 Å². The highest BCUT2D eigenvalue weighted by molar-refractivity contribution is 5.92. The third-order valence-corrected chi connectivity index (χ3v) is 6.27. The molecule has 0 aliphatic heterocycles. The first-order chi connectivity index (χ1) is 14.9. The van der Waals surface area contributed by atoms with E-state index in [0.717, 1.165) is 40.0 Å². The molecule has 0 spiro atoms. The molecule has 0 heterocycles. The average Bonchev–Trinajstić information content (AvgIpc) is 3.35. The summed E-state index contributed by atoms with van der Waals surface area (Å²) >= 11 is 0. The van der Waals surface area contributed by atoms with E-state index in [4.69, 9.17) is 9.84 Å². The summed E-state index contributed by atoms with van der Waals surface area (Å²) in [5.41, 5.74) is 3.41. The molecule has 2 N–H and O–H groups in total. The molecule has 7 nitrogen and oxygen atoms in total. The maximum Gasteiger partial charge on any atom is 0.408 e. The van der Waals surface area contributed by atoms with Crippen LogP contribution in [0.15, 0.2) is 48.5 Å². The van der Waals surface area contributed by atoms with Crippen LogP contribution >= 0.6 is 0 Å². The first-order valence-electron chi connectivity index (χ1n) is 10.5. The van der Waals surface area contributed by atoms with Crippen molar-refractivity contribution in [1.82, 2.24) is 10.2 Å². The SMILES string of the molecule is CN(CC(=O)O)C(=O)C1(NC(=O)OCC2c3ccccc3-c3ccccc32)CCCC1. The molecule has 0 saturated heterocycles. The van der Waals surface area contributed by atoms with Crippen LogP contribution in [-0.2, 0) is 14.3 Å². The number of hydrogen-bond donors (Lipinski definition) is 2. The molecule has 31 heavy (non-hydrogen) atoms. The normalized spacial score (nSPS) is 16.3. The molecule has 2 aliphatic carbocycles. The number of likely N-dealkylation sites (N-methyl/N-ethyl adjacent to an activating group) is 1. The topological polar surface area (TPSA) is 95.9 Å². The van der Waals surface area contributed by atoms with Crippen LogP contribution in [0.25, 0.3) is 11.1 Å². The fourth-order valence-electron chi connectivity index (χ4n) is 4.84. The van der Waals surface area contributed by atoms with E-state index in [9.17, 15) is 14.4 Å². The maximum atomic E-state index is 12.9. The third kappa shape index (κ3) is 4.00. The fourth-order valence-corrected chi connectivity index (χ4v) is 4.84. The van der Waals surface area contributed by atoms with Crippen LogP contribution in [-0.4, -0.2) is 53.7 Å². The van der Waals surface area contributed by atoms with Crippen LogP contribution in [0.4, 0.5) is 4.79 Å². The summed E-state index contributed by atoms with van der Waals surface area (Å²) in [5, 5.41) is 11.8. The van der Waals surface area contributed by atoms with E-state index >= 15 is 0 Å². The molecule has 0 radical (unpaired) electrons. The van der Waals surface area contributed by atoms with Crippen molar-refractivity contribution in [3.8, 4) is 11.1 Å². The molecule has 2 aromatic rings. The second-order valence-electron chi connectivity index (χ2n) is 8.29. The van der Waals surface area contributed by atoms with Gasteiger partial charge in [0.1, 0.15) is 18.7 Å². The molecule has 0 unspecified atom stereocenters. The Bertz CT molecular complexity index is 967. The lowest BCUT2D eigenvalue weighted by Gasteiger charge is -2.32. The van der Waals surface area contributed by atoms with Crippen LogP contribution < -0.4 is 5.32 Å². The number of fused-ring (bicyclic) bond motifs is 3. The van der Waals surface area contributed by atoms with E-state index in [1.165, 1.54) is 7.05 Å². The number of nitrogens with one attached hydrogen (secondary N) is 1. The van der Waals surface area contributed by atoms with E-state index < -0.39 is 24.1 Å². The van der Waals surface area contributed by atoms with Gasteiger partial charge in [-0.05, 0) is 35.1 Å². The van der Waals surface area contributed by atoms with Crippen LogP contribution in [0.2, 0.25) is 0 Å². The van der Waals surface area contributed by atoms with Gasteiger partial charge >= 0.3 is 12.1 Å². The lowest BCUT2D eigenvalue weighted by atomic mass is 9.95. The summed E-state index contributed by atoms with van der Waals surface area (Å²) in [6, 6.07) is 16.2. The Balaban J connectivity index is 1.46. The highest BCUT2D eigenvalue weighted by Crippen LogP contribution is 2.44. The summed E-state index contributed by atoms with van der Waals surface area (Å²) < 4.78 is 5.60. The minimum atomic E-state index is -1.10. The summed E-state index contributed by atoms with van der Waals surface area (Å²) in [6.45, 7) is -0.248. The Hall–Kier alpha value is -3.35. The smallest absolute Gasteiger partial charge is 0.408 e. The number of carbonyl (C=O) groups excluding carboxylic acids is 2. The van der Waals surface area contributed by atoms with Gasteiger partial charge in [-0.15, -0.1) is 0 Å². The van der Waals surface area contributed by atoms with Gasteiger partial charge in [0.15, 0.2) is 0 Å². The molecule has 1 saturated carbocycles. The van der Waals surface area contributed by atoms with Gasteiger partial charge in [-0.1, -0.05) is 61.4 Å². The highest BCUT2D eigenvalue weighted by atomic mass is 16.5. The Morgan fingerprint density at radius 2 is 1.58 bits per heavy atom. The number of hydrogen-bond acceptors (Lipinski definition) is 4. The molecule has 162 valence electrons. The van der Waals surface area contributed by atoms with Crippen molar-refractivity contribution in [2.75, 3.05) is 20.2 Å². The minimum absolute atomic E-state index is 0.0666. The molecule has 2 aromatic carbocycles. The van der Waals surface area contributed by atoms with Crippen LogP contribution in [0.3, 0.4) is 0 Å². The predicted molar refractivity (Wildman–Crippen MR) is 115 cm³/mol. The number of ether oxygens (including phenoxy) is 1. The van der Waals surface area contributed by atoms with Crippen molar-refractivity contribution >= 4 is 18.0 Å². The van der Waals surface area contributed by atoms with Crippen molar-refractivity contribution in [2.24, 2.45) is 0 Å². The Kier molecular flexibility index (Phi) is 5.67. The molecule has 0 bridgehead atoms. The highest BCUT2D eigenvalue weighted by Gasteiger charge is 2.45. The molecular weight excluding hydrogens is 396 g/mol. The number of carboxylic acid groups (broad SMARTS) is 1. The van der Waals surface area contributed by atoms with Crippen molar-refractivity contribution in [3.63, 3.8) is 0 Å². The second kappa shape index (κ2) is 8.41. The van der Waals surface area contributed by atoms with E-state index in [0.29, 0.717) is 12.8 Å². The lowest BCUT2D eigenvalue weighted by molar-refractivity contribution is -0.146. The summed E-state index contributed by atoms with van der Waals surface area (Å²) in [6.07, 6.45) is 1.87. The van der Waals surface area contributed by atoms with Crippen molar-refractivity contribution < 1.29 is 24.2 Å². The van der Waals surface area contributed by atoms with Gasteiger partial charge in [0.25, 0.3) is 0 Å². The monoisotopic (exact) mass is 422 g/mol. The molecule has 4 rings (SSSR count). The van der Waals surface area contributed by atoms with Crippen molar-refractivity contribution in [1.29, 1.82) is 0 Å². The Morgan fingerprint density at radius 3 is 2.13 bits per heavy atom. The number of aliphatic carboxylic acids is 1. The molecule has 0 aromatic heterocycles. The minimum Gasteiger partial charge on any atom is -0.480 e. The van der Waals surface area contributed by atoms with Crippen LogP contribution in [0.1, 0.15) is 42.7 Å². The quantitative estimate of drug-likeness (QED) is 0.744. The number of carbonyl (C=O) groups is 3. The zero-order chi connectivity index (χ0) is 22.0. The van der Waals surface area contributed by atoms with Crippen LogP contribution in [0, 0.1) is 0 Å². The second-order valence-corrected chi connectivity index (χ2v) is 8.29. The van der Waals surface area contributed by atoms with Gasteiger partial charge in [0.2, 0.25) is 5.91 Å². The molecule has 7 heteroatoms. The lowest BCUT2D eigenvalue weighted by Crippen LogP contribution is -2.58. The van der Waals surface area contributed by atoms with Gasteiger partial charge < -0.3 is 20.1 Å². The average molecular weight is 422 g/mol. The maximum absolute atomic E-state index is 12.9.